The van der Waals surface area contributed by atoms with Crippen molar-refractivity contribution in [1.29, 1.82) is 0 Å². The lowest BCUT2D eigenvalue weighted by atomic mass is 10.2. The molecule has 0 aromatic carbocycles. The zero-order chi connectivity index (χ0) is 9.10. The highest BCUT2D eigenvalue weighted by Crippen LogP contribution is 2.11. The predicted octanol–water partition coefficient (Wildman–Crippen LogP) is 0.937. The third-order valence-electron chi connectivity index (χ3n) is 2.46. The Bertz CT molecular complexity index is 247. The van der Waals surface area contributed by atoms with Crippen molar-refractivity contribution in [2.24, 2.45) is 0 Å². The average molecular weight is 197 g/mol. The maximum atomic E-state index is 4.30. The molecule has 0 aliphatic carbocycles. The number of piperazine rings is 1. The molecule has 0 spiro atoms. The van der Waals surface area contributed by atoms with E-state index in [1.807, 2.05) is 11.6 Å². The molecule has 4 heteroatoms. The third kappa shape index (κ3) is 2.27. The molecule has 1 aromatic heterocycles. The van der Waals surface area contributed by atoms with Gasteiger partial charge in [-0.05, 0) is 6.92 Å². The van der Waals surface area contributed by atoms with Crippen LogP contribution in [0, 0.1) is 0 Å². The van der Waals surface area contributed by atoms with E-state index in [0.29, 0.717) is 6.04 Å². The van der Waals surface area contributed by atoms with Gasteiger partial charge in [-0.1, -0.05) is 0 Å². The Labute approximate surface area is 82.8 Å². The molecule has 0 radical (unpaired) electrons. The van der Waals surface area contributed by atoms with Crippen LogP contribution in [0.5, 0.6) is 0 Å². The molecule has 1 N–H and O–H groups in total. The van der Waals surface area contributed by atoms with E-state index in [1.165, 1.54) is 5.01 Å². The van der Waals surface area contributed by atoms with Crippen molar-refractivity contribution in [2.75, 3.05) is 19.6 Å². The number of hydrogen-bond donors (Lipinski definition) is 1. The summed E-state index contributed by atoms with van der Waals surface area (Å²) >= 11 is 1.75. The second kappa shape index (κ2) is 4.17. The number of rotatable bonds is 2. The van der Waals surface area contributed by atoms with Gasteiger partial charge in [0.1, 0.15) is 5.01 Å². The molecule has 2 heterocycles. The van der Waals surface area contributed by atoms with Crippen molar-refractivity contribution in [3.05, 3.63) is 16.6 Å². The summed E-state index contributed by atoms with van der Waals surface area (Å²) in [7, 11) is 0. The third-order valence-corrected chi connectivity index (χ3v) is 3.23. The predicted molar refractivity (Wildman–Crippen MR) is 54.9 cm³/mol. The minimum absolute atomic E-state index is 0.637. The molecule has 1 aliphatic heterocycles. The molecule has 3 nitrogen and oxygen atoms in total. The van der Waals surface area contributed by atoms with Crippen LogP contribution >= 0.6 is 11.3 Å². The number of nitrogens with one attached hydrogen (secondary N) is 1. The molecule has 2 rings (SSSR count). The second-order valence-electron chi connectivity index (χ2n) is 3.45. The molecule has 13 heavy (non-hydrogen) atoms. The van der Waals surface area contributed by atoms with Crippen LogP contribution < -0.4 is 5.32 Å². The van der Waals surface area contributed by atoms with Gasteiger partial charge in [-0.15, -0.1) is 11.3 Å². The van der Waals surface area contributed by atoms with Gasteiger partial charge in [0.05, 0.1) is 6.54 Å². The molecule has 1 atom stereocenters. The van der Waals surface area contributed by atoms with Crippen molar-refractivity contribution in [2.45, 2.75) is 19.5 Å². The van der Waals surface area contributed by atoms with Crippen LogP contribution in [-0.2, 0) is 6.54 Å². The zero-order valence-corrected chi connectivity index (χ0v) is 8.68. The van der Waals surface area contributed by atoms with Gasteiger partial charge in [-0.25, -0.2) is 4.98 Å². The highest BCUT2D eigenvalue weighted by atomic mass is 32.1. The van der Waals surface area contributed by atoms with E-state index < -0.39 is 0 Å². The molecule has 1 fully saturated rings. The van der Waals surface area contributed by atoms with Gasteiger partial charge in [0.25, 0.3) is 0 Å². The Morgan fingerprint density at radius 3 is 3.38 bits per heavy atom. The van der Waals surface area contributed by atoms with Crippen LogP contribution in [0.4, 0.5) is 0 Å². The standard InChI is InChI=1S/C9H15N3S/c1-8-6-10-2-4-12(8)7-9-11-3-5-13-9/h3,5,8,10H,2,4,6-7H2,1H3. The Hall–Kier alpha value is -0.450. The minimum Gasteiger partial charge on any atom is -0.314 e. The SMILES string of the molecule is CC1CNCCN1Cc1nccs1. The van der Waals surface area contributed by atoms with Crippen molar-refractivity contribution in [1.82, 2.24) is 15.2 Å². The molecule has 1 aliphatic rings. The van der Waals surface area contributed by atoms with E-state index in [1.54, 1.807) is 11.3 Å². The Balaban J connectivity index is 1.93. The first-order chi connectivity index (χ1) is 6.36. The lowest BCUT2D eigenvalue weighted by Gasteiger charge is -2.33. The lowest BCUT2D eigenvalue weighted by Crippen LogP contribution is -2.49. The topological polar surface area (TPSA) is 28.2 Å². The molecule has 0 saturated carbocycles. The van der Waals surface area contributed by atoms with E-state index in [2.05, 4.69) is 22.1 Å². The van der Waals surface area contributed by atoms with Crippen LogP contribution in [0.2, 0.25) is 0 Å². The van der Waals surface area contributed by atoms with Crippen molar-refractivity contribution in [3.63, 3.8) is 0 Å². The quantitative estimate of drug-likeness (QED) is 0.764. The first-order valence-corrected chi connectivity index (χ1v) is 5.57. The molecule has 0 amide bonds. The smallest absolute Gasteiger partial charge is 0.107 e. The molecular formula is C9H15N3S. The lowest BCUT2D eigenvalue weighted by molar-refractivity contribution is 0.165. The summed E-state index contributed by atoms with van der Waals surface area (Å²) < 4.78 is 0. The Morgan fingerprint density at radius 1 is 1.77 bits per heavy atom. The fourth-order valence-electron chi connectivity index (χ4n) is 1.62. The summed E-state index contributed by atoms with van der Waals surface area (Å²) in [6.45, 7) is 6.63. The molecular weight excluding hydrogens is 182 g/mol. The summed E-state index contributed by atoms with van der Waals surface area (Å²) in [6, 6.07) is 0.637. The van der Waals surface area contributed by atoms with E-state index >= 15 is 0 Å². The Morgan fingerprint density at radius 2 is 2.69 bits per heavy atom. The van der Waals surface area contributed by atoms with Crippen LogP contribution in [-0.4, -0.2) is 35.6 Å². The first-order valence-electron chi connectivity index (χ1n) is 4.69. The minimum atomic E-state index is 0.637. The highest BCUT2D eigenvalue weighted by Gasteiger charge is 2.18. The molecule has 1 aromatic rings. The summed E-state index contributed by atoms with van der Waals surface area (Å²) in [5, 5.41) is 6.66. The van der Waals surface area contributed by atoms with E-state index in [0.717, 1.165) is 26.2 Å². The highest BCUT2D eigenvalue weighted by molar-refractivity contribution is 7.09. The van der Waals surface area contributed by atoms with E-state index in [9.17, 15) is 0 Å². The maximum absolute atomic E-state index is 4.30. The van der Waals surface area contributed by atoms with E-state index in [-0.39, 0.29) is 0 Å². The van der Waals surface area contributed by atoms with Crippen LogP contribution in [0.15, 0.2) is 11.6 Å². The number of nitrogens with zero attached hydrogens (tertiary/aromatic N) is 2. The van der Waals surface area contributed by atoms with Gasteiger partial charge in [0.2, 0.25) is 0 Å². The van der Waals surface area contributed by atoms with Crippen LogP contribution in [0.25, 0.3) is 0 Å². The van der Waals surface area contributed by atoms with Gasteiger partial charge in [0, 0.05) is 37.3 Å². The summed E-state index contributed by atoms with van der Waals surface area (Å²) in [6.07, 6.45) is 1.88. The molecule has 1 unspecified atom stereocenters. The van der Waals surface area contributed by atoms with Gasteiger partial charge in [0.15, 0.2) is 0 Å². The second-order valence-corrected chi connectivity index (χ2v) is 4.43. The van der Waals surface area contributed by atoms with Gasteiger partial charge < -0.3 is 5.32 Å². The van der Waals surface area contributed by atoms with Crippen molar-refractivity contribution < 1.29 is 0 Å². The van der Waals surface area contributed by atoms with Gasteiger partial charge >= 0.3 is 0 Å². The number of thiazole rings is 1. The average Bonchev–Trinajstić information content (AvgIpc) is 2.61. The fraction of sp³-hybridized carbons (Fsp3) is 0.667. The zero-order valence-electron chi connectivity index (χ0n) is 7.86. The number of aromatic nitrogens is 1. The van der Waals surface area contributed by atoms with E-state index in [4.69, 9.17) is 0 Å². The monoisotopic (exact) mass is 197 g/mol. The summed E-state index contributed by atoms with van der Waals surface area (Å²) in [5.74, 6) is 0. The summed E-state index contributed by atoms with van der Waals surface area (Å²) in [4.78, 5) is 6.78. The Kier molecular flexibility index (Phi) is 2.93. The normalized spacial score (nSPS) is 24.8. The molecule has 0 bridgehead atoms. The van der Waals surface area contributed by atoms with Crippen molar-refractivity contribution >= 4 is 11.3 Å². The fourth-order valence-corrected chi connectivity index (χ4v) is 2.26. The van der Waals surface area contributed by atoms with Crippen molar-refractivity contribution in [3.8, 4) is 0 Å². The van der Waals surface area contributed by atoms with Crippen LogP contribution in [0.3, 0.4) is 0 Å². The van der Waals surface area contributed by atoms with Crippen LogP contribution in [0.1, 0.15) is 11.9 Å². The van der Waals surface area contributed by atoms with Gasteiger partial charge in [-0.3, -0.25) is 4.90 Å². The maximum Gasteiger partial charge on any atom is 0.107 e. The molecule has 72 valence electrons. The number of hydrogen-bond acceptors (Lipinski definition) is 4. The largest absolute Gasteiger partial charge is 0.314 e. The first kappa shape index (κ1) is 9.12. The molecule has 1 saturated heterocycles. The summed E-state index contributed by atoms with van der Waals surface area (Å²) in [5.41, 5.74) is 0. The van der Waals surface area contributed by atoms with Gasteiger partial charge in [-0.2, -0.15) is 0 Å².